The van der Waals surface area contributed by atoms with E-state index in [4.69, 9.17) is 17.2 Å². The van der Waals surface area contributed by atoms with Crippen LogP contribution in [0.4, 0.5) is 0 Å². The van der Waals surface area contributed by atoms with Gasteiger partial charge in [-0.1, -0.05) is 30.3 Å². The van der Waals surface area contributed by atoms with Crippen molar-refractivity contribution >= 4 is 53.3 Å². The molecule has 20 heteroatoms. The van der Waals surface area contributed by atoms with Crippen molar-refractivity contribution in [2.45, 2.75) is 102 Å². The van der Waals surface area contributed by atoms with Crippen molar-refractivity contribution in [1.82, 2.24) is 37.2 Å². The van der Waals surface area contributed by atoms with E-state index in [0.29, 0.717) is 18.4 Å². The molecule has 1 saturated heterocycles. The molecule has 7 atom stereocenters. The van der Waals surface area contributed by atoms with Crippen molar-refractivity contribution in [1.29, 1.82) is 0 Å². The maximum absolute atomic E-state index is 13.5. The van der Waals surface area contributed by atoms with Crippen LogP contribution in [0, 0.1) is 0 Å². The summed E-state index contributed by atoms with van der Waals surface area (Å²) in [5.74, 6) is -6.96. The van der Waals surface area contributed by atoms with E-state index in [1.54, 1.807) is 30.3 Å². The van der Waals surface area contributed by atoms with Crippen LogP contribution in [0.2, 0.25) is 0 Å². The third-order valence-electron chi connectivity index (χ3n) is 8.14. The zero-order valence-corrected chi connectivity index (χ0v) is 30.0. The first-order chi connectivity index (χ1) is 25.0. The smallest absolute Gasteiger partial charge is 0.323 e. The van der Waals surface area contributed by atoms with Gasteiger partial charge in [-0.05, 0) is 51.5 Å². The number of aliphatic carboxylic acids is 1. The SMILES string of the molecule is CC(=O)N[C@@H](CCCN=C(N)N)C(=O)NCCCC[C@@H]1NC(=O)[C@H](C(N)C(=O)O)NC(=O)[C@H](C)NC(=O)[C@H](Cc2ccccc2)NC(=O)[C@H](C)NC1=O. The molecule has 0 saturated carbocycles. The molecular formula is C33H51N11O9. The maximum atomic E-state index is 13.5. The second-order valence-corrected chi connectivity index (χ2v) is 12.6. The van der Waals surface area contributed by atoms with Gasteiger partial charge in [0.25, 0.3) is 0 Å². The molecule has 1 aromatic rings. The standard InChI is InChI=1S/C33H51N11O9/c1-17-26(46)43-23(16-20-10-5-4-6-11-20)30(50)40-18(2)27(47)44-25(24(34)32(52)53)31(51)42-22(29(49)39-17)12-7-8-14-37-28(48)21(41-19(3)45)13-9-15-38-33(35)36/h4-6,10-11,17-18,21-25H,7-9,12-16,34H2,1-3H3,(H,37,48)(H,39,49)(H,40,50)(H,41,45)(H,42,51)(H,43,46)(H,44,47)(H,52,53)(H4,35,36,38)/t17-,18-,21-,22-,23-,24?,25-/m0/s1. The number of carbonyl (C=O) groups is 8. The summed E-state index contributed by atoms with van der Waals surface area (Å²) in [6.45, 7) is 4.32. The van der Waals surface area contributed by atoms with Crippen LogP contribution in [-0.2, 0) is 44.8 Å². The van der Waals surface area contributed by atoms with Crippen LogP contribution in [0.15, 0.2) is 35.3 Å². The molecule has 1 aromatic carbocycles. The molecule has 0 bridgehead atoms. The fraction of sp³-hybridized carbons (Fsp3) is 0.545. The number of aliphatic imine (C=N–C) groups is 1. The number of rotatable bonds is 15. The predicted octanol–water partition coefficient (Wildman–Crippen LogP) is -4.04. The van der Waals surface area contributed by atoms with Gasteiger partial charge >= 0.3 is 5.97 Å². The highest BCUT2D eigenvalue weighted by molar-refractivity contribution is 5.99. The van der Waals surface area contributed by atoms with Crippen molar-refractivity contribution in [2.24, 2.45) is 22.2 Å². The van der Waals surface area contributed by atoms with Crippen molar-refractivity contribution in [2.75, 3.05) is 13.1 Å². The summed E-state index contributed by atoms with van der Waals surface area (Å²) in [4.78, 5) is 107. The Morgan fingerprint density at radius 3 is 1.98 bits per heavy atom. The second-order valence-electron chi connectivity index (χ2n) is 12.6. The van der Waals surface area contributed by atoms with E-state index in [9.17, 15) is 43.5 Å². The number of nitrogens with two attached hydrogens (primary N) is 3. The number of amides is 7. The first kappa shape index (κ1) is 43.4. The quantitative estimate of drug-likeness (QED) is 0.0465. The Morgan fingerprint density at radius 2 is 1.40 bits per heavy atom. The predicted molar refractivity (Wildman–Crippen MR) is 191 cm³/mol. The lowest BCUT2D eigenvalue weighted by Gasteiger charge is -2.26. The van der Waals surface area contributed by atoms with E-state index in [-0.39, 0.29) is 44.7 Å². The molecule has 1 aliphatic rings. The van der Waals surface area contributed by atoms with Gasteiger partial charge in [0.15, 0.2) is 5.96 Å². The summed E-state index contributed by atoms with van der Waals surface area (Å²) in [6.07, 6.45) is 1.17. The number of carbonyl (C=O) groups excluding carboxylic acids is 7. The van der Waals surface area contributed by atoms with Crippen LogP contribution in [0.25, 0.3) is 0 Å². The van der Waals surface area contributed by atoms with Crippen LogP contribution >= 0.6 is 0 Å². The molecular weight excluding hydrogens is 694 g/mol. The Kier molecular flexibility index (Phi) is 17.6. The minimum Gasteiger partial charge on any atom is -0.480 e. The summed E-state index contributed by atoms with van der Waals surface area (Å²) in [6, 6.07) is -0.972. The number of carboxylic acids is 1. The molecule has 292 valence electrons. The van der Waals surface area contributed by atoms with E-state index in [0.717, 1.165) is 0 Å². The number of nitrogens with zero attached hydrogens (tertiary/aromatic N) is 1. The number of nitrogens with one attached hydrogen (secondary N) is 7. The zero-order valence-electron chi connectivity index (χ0n) is 30.0. The van der Waals surface area contributed by atoms with E-state index < -0.39 is 89.6 Å². The minimum atomic E-state index is -1.94. The molecule has 1 fully saturated rings. The minimum absolute atomic E-state index is 0.0304. The topological polar surface area (TPSA) is 331 Å². The highest BCUT2D eigenvalue weighted by Crippen LogP contribution is 2.08. The summed E-state index contributed by atoms with van der Waals surface area (Å²) < 4.78 is 0. The van der Waals surface area contributed by atoms with E-state index in [1.165, 1.54) is 20.8 Å². The van der Waals surface area contributed by atoms with Crippen molar-refractivity contribution in [3.63, 3.8) is 0 Å². The number of hydrogen-bond acceptors (Lipinski definition) is 10. The van der Waals surface area contributed by atoms with Gasteiger partial charge < -0.3 is 59.5 Å². The summed E-state index contributed by atoms with van der Waals surface area (Å²) in [7, 11) is 0. The zero-order chi connectivity index (χ0) is 39.7. The largest absolute Gasteiger partial charge is 0.480 e. The highest BCUT2D eigenvalue weighted by Gasteiger charge is 2.37. The van der Waals surface area contributed by atoms with Crippen molar-refractivity contribution in [3.05, 3.63) is 35.9 Å². The number of benzene rings is 1. The lowest BCUT2D eigenvalue weighted by molar-refractivity contribution is -0.143. The van der Waals surface area contributed by atoms with Gasteiger partial charge in [-0.2, -0.15) is 0 Å². The number of guanidine groups is 1. The Bertz CT molecular complexity index is 1500. The van der Waals surface area contributed by atoms with Gasteiger partial charge in [0.2, 0.25) is 41.4 Å². The molecule has 14 N–H and O–H groups in total. The Hall–Kier alpha value is -5.79. The molecule has 0 radical (unpaired) electrons. The Morgan fingerprint density at radius 1 is 0.811 bits per heavy atom. The Balaban J connectivity index is 2.25. The van der Waals surface area contributed by atoms with Gasteiger partial charge in [0.05, 0.1) is 0 Å². The first-order valence-corrected chi connectivity index (χ1v) is 17.1. The lowest BCUT2D eigenvalue weighted by atomic mass is 10.0. The molecule has 0 spiro atoms. The van der Waals surface area contributed by atoms with Crippen LogP contribution in [0.1, 0.15) is 58.4 Å². The van der Waals surface area contributed by atoms with Gasteiger partial charge in [0, 0.05) is 26.4 Å². The molecule has 1 heterocycles. The van der Waals surface area contributed by atoms with Gasteiger partial charge in [-0.15, -0.1) is 0 Å². The first-order valence-electron chi connectivity index (χ1n) is 17.1. The summed E-state index contributed by atoms with van der Waals surface area (Å²) in [5.41, 5.74) is 17.1. The van der Waals surface area contributed by atoms with E-state index >= 15 is 0 Å². The third kappa shape index (κ3) is 15.2. The molecule has 1 unspecified atom stereocenters. The Labute approximate surface area is 306 Å². The summed E-state index contributed by atoms with van der Waals surface area (Å²) in [5, 5.41) is 27.1. The fourth-order valence-electron chi connectivity index (χ4n) is 5.21. The second kappa shape index (κ2) is 21.5. The molecule has 0 aliphatic carbocycles. The highest BCUT2D eigenvalue weighted by atomic mass is 16.4. The number of hydrogen-bond donors (Lipinski definition) is 11. The van der Waals surface area contributed by atoms with Gasteiger partial charge in [-0.3, -0.25) is 43.3 Å². The molecule has 0 aromatic heterocycles. The molecule has 7 amide bonds. The van der Waals surface area contributed by atoms with Crippen LogP contribution in [-0.4, -0.2) is 114 Å². The number of unbranched alkanes of at least 4 members (excludes halogenated alkanes) is 1. The monoisotopic (exact) mass is 745 g/mol. The molecule has 53 heavy (non-hydrogen) atoms. The van der Waals surface area contributed by atoms with Gasteiger partial charge in [0.1, 0.15) is 42.3 Å². The number of carboxylic acid groups (broad SMARTS) is 1. The van der Waals surface area contributed by atoms with E-state index in [2.05, 4.69) is 42.2 Å². The molecule has 1 aliphatic heterocycles. The summed E-state index contributed by atoms with van der Waals surface area (Å²) >= 11 is 0. The van der Waals surface area contributed by atoms with Gasteiger partial charge in [-0.25, -0.2) is 0 Å². The van der Waals surface area contributed by atoms with Crippen molar-refractivity contribution < 1.29 is 43.5 Å². The fourth-order valence-corrected chi connectivity index (χ4v) is 5.21. The normalized spacial score (nSPS) is 22.5. The third-order valence-corrected chi connectivity index (χ3v) is 8.14. The van der Waals surface area contributed by atoms with Crippen molar-refractivity contribution in [3.8, 4) is 0 Å². The molecule has 20 nitrogen and oxygen atoms in total. The van der Waals surface area contributed by atoms with Crippen LogP contribution in [0.3, 0.4) is 0 Å². The average molecular weight is 746 g/mol. The average Bonchev–Trinajstić information content (AvgIpc) is 3.09. The van der Waals surface area contributed by atoms with E-state index in [1.807, 2.05) is 0 Å². The lowest BCUT2D eigenvalue weighted by Crippen LogP contribution is -2.63. The molecule has 2 rings (SSSR count). The maximum Gasteiger partial charge on any atom is 0.323 e. The van der Waals surface area contributed by atoms with Crippen LogP contribution in [0.5, 0.6) is 0 Å². The van der Waals surface area contributed by atoms with Crippen LogP contribution < -0.4 is 54.4 Å².